The van der Waals surface area contributed by atoms with Gasteiger partial charge in [-0.25, -0.2) is 0 Å². The van der Waals surface area contributed by atoms with Crippen LogP contribution in [-0.4, -0.2) is 34.4 Å². The molecule has 8 heteroatoms. The number of rotatable bonds is 12. The molecular formula is C22H28Cl2N2O4. The van der Waals surface area contributed by atoms with Gasteiger partial charge >= 0.3 is 5.97 Å². The molecule has 0 saturated carbocycles. The van der Waals surface area contributed by atoms with Crippen molar-refractivity contribution in [1.29, 1.82) is 0 Å². The molecule has 6 nitrogen and oxygen atoms in total. The summed E-state index contributed by atoms with van der Waals surface area (Å²) in [6, 6.07) is 10.1. The number of hydrogen-bond donors (Lipinski definition) is 5. The van der Waals surface area contributed by atoms with E-state index in [-0.39, 0.29) is 5.75 Å². The summed E-state index contributed by atoms with van der Waals surface area (Å²) in [5.41, 5.74) is 7.51. The molecule has 0 spiro atoms. The van der Waals surface area contributed by atoms with Crippen molar-refractivity contribution in [3.63, 3.8) is 0 Å². The number of aromatic hydroxyl groups is 1. The van der Waals surface area contributed by atoms with Crippen molar-refractivity contribution in [2.24, 2.45) is 5.92 Å². The Labute approximate surface area is 186 Å². The zero-order valence-corrected chi connectivity index (χ0v) is 18.2. The number of phenolic OH excluding ortho intramolecular Hbond substituents is 1. The summed E-state index contributed by atoms with van der Waals surface area (Å²) in [6.45, 7) is 0.989. The average molecular weight is 455 g/mol. The van der Waals surface area contributed by atoms with E-state index in [2.05, 4.69) is 5.32 Å². The van der Waals surface area contributed by atoms with Gasteiger partial charge in [0.05, 0.1) is 27.8 Å². The molecule has 0 aromatic heterocycles. The van der Waals surface area contributed by atoms with E-state index in [1.54, 1.807) is 30.3 Å². The number of anilines is 1. The smallest absolute Gasteiger partial charge is 0.306 e. The molecular weight excluding hydrogens is 427 g/mol. The lowest BCUT2D eigenvalue weighted by Crippen LogP contribution is -2.23. The van der Waals surface area contributed by atoms with Crippen LogP contribution in [0.5, 0.6) is 5.75 Å². The van der Waals surface area contributed by atoms with Gasteiger partial charge in [-0.1, -0.05) is 41.8 Å². The molecule has 2 atom stereocenters. The molecule has 2 aromatic carbocycles. The Hall–Kier alpha value is -1.99. The number of aliphatic hydroxyl groups is 1. The lowest BCUT2D eigenvalue weighted by Gasteiger charge is -2.15. The highest BCUT2D eigenvalue weighted by molar-refractivity contribution is 6.38. The minimum atomic E-state index is -0.796. The first-order chi connectivity index (χ1) is 14.3. The Morgan fingerprint density at radius 3 is 2.43 bits per heavy atom. The molecule has 2 aromatic rings. The first-order valence-electron chi connectivity index (χ1n) is 9.91. The van der Waals surface area contributed by atoms with E-state index in [9.17, 15) is 20.1 Å². The number of hydrogen-bond acceptors (Lipinski definition) is 5. The predicted octanol–water partition coefficient (Wildman–Crippen LogP) is 4.41. The first kappa shape index (κ1) is 24.3. The molecule has 0 radical (unpaired) electrons. The number of phenols is 1. The van der Waals surface area contributed by atoms with Gasteiger partial charge in [0, 0.05) is 6.54 Å². The normalized spacial score (nSPS) is 13.2. The van der Waals surface area contributed by atoms with Crippen LogP contribution in [-0.2, 0) is 11.2 Å². The maximum Gasteiger partial charge on any atom is 0.306 e. The second kappa shape index (κ2) is 12.0. The van der Waals surface area contributed by atoms with Gasteiger partial charge < -0.3 is 26.4 Å². The third-order valence-electron chi connectivity index (χ3n) is 5.02. The topological polar surface area (TPSA) is 116 Å². The number of unbranched alkanes of at least 4 members (excludes halogenated alkanes) is 1. The number of nitrogens with one attached hydrogen (secondary N) is 1. The van der Waals surface area contributed by atoms with Crippen molar-refractivity contribution in [1.82, 2.24) is 5.32 Å². The molecule has 0 aliphatic heterocycles. The molecule has 164 valence electrons. The third-order valence-corrected chi connectivity index (χ3v) is 5.65. The van der Waals surface area contributed by atoms with Gasteiger partial charge in [0.25, 0.3) is 0 Å². The van der Waals surface area contributed by atoms with Crippen LogP contribution < -0.4 is 11.1 Å². The Bertz CT molecular complexity index is 825. The first-order valence-corrected chi connectivity index (χ1v) is 10.7. The second-order valence-electron chi connectivity index (χ2n) is 7.36. The Morgan fingerprint density at radius 1 is 1.10 bits per heavy atom. The predicted molar refractivity (Wildman–Crippen MR) is 120 cm³/mol. The van der Waals surface area contributed by atoms with Gasteiger partial charge in [0.2, 0.25) is 0 Å². The summed E-state index contributed by atoms with van der Waals surface area (Å²) in [6.07, 6.45) is 2.52. The van der Waals surface area contributed by atoms with Crippen LogP contribution >= 0.6 is 23.2 Å². The van der Waals surface area contributed by atoms with Crippen LogP contribution in [0.25, 0.3) is 0 Å². The molecule has 0 saturated heterocycles. The number of carboxylic acids is 1. The highest BCUT2D eigenvalue weighted by atomic mass is 35.5. The van der Waals surface area contributed by atoms with Crippen molar-refractivity contribution in [3.05, 3.63) is 57.6 Å². The van der Waals surface area contributed by atoms with Crippen molar-refractivity contribution in [2.75, 3.05) is 18.8 Å². The van der Waals surface area contributed by atoms with Crippen molar-refractivity contribution < 1.29 is 20.1 Å². The summed E-state index contributed by atoms with van der Waals surface area (Å²) >= 11 is 12.0. The zero-order valence-electron chi connectivity index (χ0n) is 16.7. The highest BCUT2D eigenvalue weighted by Gasteiger charge is 2.17. The number of nitrogens with two attached hydrogens (primary N) is 1. The maximum atomic E-state index is 11.5. The van der Waals surface area contributed by atoms with Gasteiger partial charge in [-0.3, -0.25) is 4.79 Å². The van der Waals surface area contributed by atoms with Crippen LogP contribution in [0.1, 0.15) is 42.9 Å². The van der Waals surface area contributed by atoms with E-state index < -0.39 is 18.0 Å². The largest absolute Gasteiger partial charge is 0.508 e. The summed E-state index contributed by atoms with van der Waals surface area (Å²) < 4.78 is 0. The highest BCUT2D eigenvalue weighted by Crippen LogP contribution is 2.31. The van der Waals surface area contributed by atoms with E-state index in [4.69, 9.17) is 28.9 Å². The Balaban J connectivity index is 1.68. The van der Waals surface area contributed by atoms with Gasteiger partial charge in [-0.05, 0) is 67.6 Å². The number of carboxylic acid groups (broad SMARTS) is 1. The van der Waals surface area contributed by atoms with E-state index in [1.165, 1.54) is 0 Å². The fraction of sp³-hybridized carbons (Fsp3) is 0.409. The van der Waals surface area contributed by atoms with Gasteiger partial charge in [-0.15, -0.1) is 0 Å². The number of aliphatic carboxylic acids is 1. The number of carbonyl (C=O) groups is 1. The van der Waals surface area contributed by atoms with Crippen LogP contribution in [0.4, 0.5) is 5.69 Å². The molecule has 30 heavy (non-hydrogen) atoms. The average Bonchev–Trinajstić information content (AvgIpc) is 2.70. The molecule has 0 bridgehead atoms. The van der Waals surface area contributed by atoms with E-state index in [0.29, 0.717) is 53.6 Å². The fourth-order valence-corrected chi connectivity index (χ4v) is 3.74. The van der Waals surface area contributed by atoms with Crippen molar-refractivity contribution in [2.45, 2.75) is 38.2 Å². The standard InChI is InChI=1S/C22H28Cl2N2O4/c23-18-11-16(12-19(24)21(18)25)20(28)13-26-9-2-1-5-15(22(29)30)8-7-14-4-3-6-17(27)10-14/h3-4,6,10-12,15,20,26-28H,1-2,5,7-9,13,25H2,(H,29,30). The molecule has 2 unspecified atom stereocenters. The van der Waals surface area contributed by atoms with Crippen LogP contribution in [0, 0.1) is 5.92 Å². The number of benzene rings is 2. The summed E-state index contributed by atoms with van der Waals surface area (Å²) in [7, 11) is 0. The SMILES string of the molecule is Nc1c(Cl)cc(C(O)CNCCCCC(CCc2cccc(O)c2)C(=O)O)cc1Cl. The van der Waals surface area contributed by atoms with Crippen molar-refractivity contribution in [3.8, 4) is 5.75 Å². The summed E-state index contributed by atoms with van der Waals surface area (Å²) in [4.78, 5) is 11.5. The minimum Gasteiger partial charge on any atom is -0.508 e. The lowest BCUT2D eigenvalue weighted by atomic mass is 9.94. The molecule has 2 rings (SSSR count). The van der Waals surface area contributed by atoms with Crippen LogP contribution in [0.15, 0.2) is 36.4 Å². The number of halogens is 2. The number of nitrogen functional groups attached to an aromatic ring is 1. The molecule has 0 aliphatic rings. The summed E-state index contributed by atoms with van der Waals surface area (Å²) in [5.74, 6) is -1.02. The maximum absolute atomic E-state index is 11.5. The monoisotopic (exact) mass is 454 g/mol. The molecule has 0 amide bonds. The van der Waals surface area contributed by atoms with Gasteiger partial charge in [0.1, 0.15) is 5.75 Å². The zero-order chi connectivity index (χ0) is 22.1. The Morgan fingerprint density at radius 2 is 1.80 bits per heavy atom. The fourth-order valence-electron chi connectivity index (χ4n) is 3.24. The second-order valence-corrected chi connectivity index (χ2v) is 8.17. The van der Waals surface area contributed by atoms with Crippen LogP contribution in [0.3, 0.4) is 0 Å². The molecule has 6 N–H and O–H groups in total. The van der Waals surface area contributed by atoms with Crippen molar-refractivity contribution >= 4 is 34.9 Å². The van der Waals surface area contributed by atoms with Gasteiger partial charge in [-0.2, -0.15) is 0 Å². The van der Waals surface area contributed by atoms with Crippen LogP contribution in [0.2, 0.25) is 10.0 Å². The van der Waals surface area contributed by atoms with Gasteiger partial charge in [0.15, 0.2) is 0 Å². The molecule has 0 aliphatic carbocycles. The quantitative estimate of drug-likeness (QED) is 0.239. The molecule has 0 heterocycles. The molecule has 0 fully saturated rings. The third kappa shape index (κ3) is 7.69. The lowest BCUT2D eigenvalue weighted by molar-refractivity contribution is -0.142. The van der Waals surface area contributed by atoms with E-state index in [0.717, 1.165) is 18.4 Å². The van der Waals surface area contributed by atoms with E-state index in [1.807, 2.05) is 6.07 Å². The minimum absolute atomic E-state index is 0.191. The Kier molecular flexibility index (Phi) is 9.72. The number of aliphatic hydroxyl groups excluding tert-OH is 1. The number of aryl methyl sites for hydroxylation is 1. The van der Waals surface area contributed by atoms with E-state index >= 15 is 0 Å². The summed E-state index contributed by atoms with van der Waals surface area (Å²) in [5, 5.41) is 33.0.